The van der Waals surface area contributed by atoms with E-state index < -0.39 is 15.1 Å². The minimum absolute atomic E-state index is 0.122. The monoisotopic (exact) mass is 476 g/mol. The van der Waals surface area contributed by atoms with Crippen LogP contribution in [-0.2, 0) is 6.61 Å². The number of hydrogen-bond acceptors (Lipinski definition) is 1. The molecule has 1 aliphatic carbocycles. The van der Waals surface area contributed by atoms with E-state index in [4.69, 9.17) is 4.74 Å². The lowest BCUT2D eigenvalue weighted by Gasteiger charge is -2.40. The van der Waals surface area contributed by atoms with Gasteiger partial charge in [-0.25, -0.2) is 0 Å². The maximum atomic E-state index is 12.8. The number of hydrogen-bond donors (Lipinski definition) is 0. The third-order valence-corrected chi connectivity index (χ3v) is 7.60. The van der Waals surface area contributed by atoms with Crippen molar-refractivity contribution in [3.63, 3.8) is 0 Å². The second-order valence-corrected chi connectivity index (χ2v) is 11.4. The quantitative estimate of drug-likeness (QED) is 0.245. The number of rotatable bonds is 10. The summed E-state index contributed by atoms with van der Waals surface area (Å²) < 4.78 is 69.4. The fourth-order valence-electron chi connectivity index (χ4n) is 4.49. The minimum Gasteiger partial charge on any atom is -0.489 e. The van der Waals surface area contributed by atoms with E-state index in [1.165, 1.54) is 63.4 Å². The third kappa shape index (κ3) is 7.39. The summed E-state index contributed by atoms with van der Waals surface area (Å²) in [4.78, 5) is -1.91. The van der Waals surface area contributed by atoms with E-state index in [1.807, 2.05) is 12.1 Å². The van der Waals surface area contributed by atoms with Crippen molar-refractivity contribution in [2.75, 3.05) is 0 Å². The molecule has 1 nitrogen and oxygen atoms in total. The molecule has 180 valence electrons. The van der Waals surface area contributed by atoms with Crippen molar-refractivity contribution in [2.24, 2.45) is 5.92 Å². The SMILES string of the molecule is CCCCCCC1CCC(c2ccc(COc3ccc(S(F)(F)(F)(F)F)cc3)cc2)CC1. The van der Waals surface area contributed by atoms with Crippen molar-refractivity contribution in [1.82, 2.24) is 0 Å². The first-order valence-corrected chi connectivity index (χ1v) is 13.5. The Balaban J connectivity index is 1.46. The molecule has 1 saturated carbocycles. The molecule has 0 radical (unpaired) electrons. The highest BCUT2D eigenvalue weighted by Crippen LogP contribution is 3.02. The molecule has 0 bridgehead atoms. The average Bonchev–Trinajstić information content (AvgIpc) is 2.75. The fourth-order valence-corrected chi connectivity index (χ4v) is 5.14. The largest absolute Gasteiger partial charge is 0.489 e. The molecule has 0 amide bonds. The van der Waals surface area contributed by atoms with E-state index in [2.05, 4.69) is 19.1 Å². The molecule has 3 rings (SSSR count). The van der Waals surface area contributed by atoms with Gasteiger partial charge in [0.05, 0.1) is 0 Å². The van der Waals surface area contributed by atoms with Crippen LogP contribution in [0.15, 0.2) is 53.4 Å². The van der Waals surface area contributed by atoms with E-state index in [0.717, 1.165) is 23.6 Å². The molecular formula is C25H33F5OS. The molecule has 0 saturated heterocycles. The van der Waals surface area contributed by atoms with Gasteiger partial charge in [-0.3, -0.25) is 0 Å². The van der Waals surface area contributed by atoms with Gasteiger partial charge in [-0.15, -0.1) is 0 Å². The summed E-state index contributed by atoms with van der Waals surface area (Å²) in [5.41, 5.74) is 2.20. The molecule has 2 aromatic carbocycles. The Labute approximate surface area is 188 Å². The molecule has 2 aromatic rings. The van der Waals surface area contributed by atoms with Gasteiger partial charge in [-0.05, 0) is 72.9 Å². The van der Waals surface area contributed by atoms with Gasteiger partial charge in [0, 0.05) is 0 Å². The van der Waals surface area contributed by atoms with Crippen LogP contribution in [0.1, 0.15) is 81.8 Å². The van der Waals surface area contributed by atoms with Crippen molar-refractivity contribution in [2.45, 2.75) is 82.1 Å². The summed E-state index contributed by atoms with van der Waals surface area (Å²) in [6.07, 6.45) is 11.7. The van der Waals surface area contributed by atoms with E-state index in [9.17, 15) is 19.4 Å². The summed E-state index contributed by atoms with van der Waals surface area (Å²) in [6.45, 7) is 2.41. The molecule has 32 heavy (non-hydrogen) atoms. The summed E-state index contributed by atoms with van der Waals surface area (Å²) in [5.74, 6) is 1.56. The lowest BCUT2D eigenvalue weighted by atomic mass is 9.77. The molecule has 1 aliphatic rings. The van der Waals surface area contributed by atoms with Crippen molar-refractivity contribution < 1.29 is 24.2 Å². The van der Waals surface area contributed by atoms with Crippen LogP contribution in [0.5, 0.6) is 5.75 Å². The number of unbranched alkanes of at least 4 members (excludes halogenated alkanes) is 3. The van der Waals surface area contributed by atoms with Crippen molar-refractivity contribution in [3.8, 4) is 5.75 Å². The van der Waals surface area contributed by atoms with Crippen LogP contribution in [0.25, 0.3) is 0 Å². The number of benzene rings is 2. The second kappa shape index (κ2) is 9.24. The highest BCUT2D eigenvalue weighted by molar-refractivity contribution is 8.45. The molecular weight excluding hydrogens is 443 g/mol. The van der Waals surface area contributed by atoms with Crippen LogP contribution >= 0.6 is 10.2 Å². The molecule has 0 N–H and O–H groups in total. The third-order valence-electron chi connectivity index (χ3n) is 6.44. The second-order valence-electron chi connectivity index (χ2n) is 9.04. The lowest BCUT2D eigenvalue weighted by molar-refractivity contribution is 0.301. The minimum atomic E-state index is -9.64. The topological polar surface area (TPSA) is 9.23 Å². The van der Waals surface area contributed by atoms with E-state index >= 15 is 0 Å². The first kappa shape index (κ1) is 24.9. The number of ether oxygens (including phenoxy) is 1. The normalized spacial score (nSPS) is 21.6. The predicted octanol–water partition coefficient (Wildman–Crippen LogP) is 10.2. The molecule has 7 heteroatoms. The molecule has 0 aromatic heterocycles. The zero-order chi connectivity index (χ0) is 23.3. The van der Waals surface area contributed by atoms with Crippen LogP contribution in [0.2, 0.25) is 0 Å². The molecule has 0 aliphatic heterocycles. The molecule has 1 fully saturated rings. The Morgan fingerprint density at radius 1 is 0.781 bits per heavy atom. The Kier molecular flexibility index (Phi) is 7.18. The molecule has 0 spiro atoms. The van der Waals surface area contributed by atoms with Crippen LogP contribution < -0.4 is 4.74 Å². The van der Waals surface area contributed by atoms with Crippen molar-refractivity contribution in [1.29, 1.82) is 0 Å². The van der Waals surface area contributed by atoms with E-state index in [1.54, 1.807) is 0 Å². The fraction of sp³-hybridized carbons (Fsp3) is 0.520. The molecule has 0 unspecified atom stereocenters. The van der Waals surface area contributed by atoms with Crippen molar-refractivity contribution in [3.05, 3.63) is 59.7 Å². The first-order chi connectivity index (χ1) is 14.9. The van der Waals surface area contributed by atoms with Crippen LogP contribution in [-0.4, -0.2) is 0 Å². The Bertz CT molecular complexity index is 855. The summed E-state index contributed by atoms with van der Waals surface area (Å²) in [5, 5.41) is 0. The van der Waals surface area contributed by atoms with E-state index in [0.29, 0.717) is 18.1 Å². The highest BCUT2D eigenvalue weighted by Gasteiger charge is 2.65. The number of halogens is 5. The smallest absolute Gasteiger partial charge is 0.310 e. The maximum absolute atomic E-state index is 12.8. The summed E-state index contributed by atoms with van der Waals surface area (Å²) >= 11 is 0. The van der Waals surface area contributed by atoms with Gasteiger partial charge in [-0.2, -0.15) is 0 Å². The van der Waals surface area contributed by atoms with Crippen LogP contribution in [0.3, 0.4) is 0 Å². The summed E-state index contributed by atoms with van der Waals surface area (Å²) in [6, 6.07) is 10.7. The van der Waals surface area contributed by atoms with Gasteiger partial charge in [0.2, 0.25) is 0 Å². The predicted molar refractivity (Wildman–Crippen MR) is 122 cm³/mol. The zero-order valence-electron chi connectivity index (χ0n) is 18.6. The summed E-state index contributed by atoms with van der Waals surface area (Å²) in [7, 11) is -9.64. The molecule has 0 heterocycles. The Morgan fingerprint density at radius 3 is 1.97 bits per heavy atom. The van der Waals surface area contributed by atoms with Gasteiger partial charge in [0.15, 0.2) is 0 Å². The highest BCUT2D eigenvalue weighted by atomic mass is 32.5. The van der Waals surface area contributed by atoms with Gasteiger partial charge >= 0.3 is 10.2 Å². The zero-order valence-corrected chi connectivity index (χ0v) is 19.4. The standard InChI is InChI=1S/C25H33F5OS/c1-2-3-4-5-6-20-7-11-22(12-8-20)23-13-9-21(10-14-23)19-31-24-15-17-25(18-16-24)32(26,27,28,29)30/h9-10,13-18,20,22H,2-8,11-12,19H2,1H3. The average molecular weight is 477 g/mol. The van der Waals surface area contributed by atoms with Crippen molar-refractivity contribution >= 4 is 10.2 Å². The van der Waals surface area contributed by atoms with Gasteiger partial charge in [-0.1, -0.05) is 82.7 Å². The maximum Gasteiger partial charge on any atom is 0.310 e. The Hall–Kier alpha value is -1.76. The van der Waals surface area contributed by atoms with E-state index in [-0.39, 0.29) is 12.4 Å². The lowest BCUT2D eigenvalue weighted by Crippen LogP contribution is -2.13. The Morgan fingerprint density at radius 2 is 1.41 bits per heavy atom. The molecule has 0 atom stereocenters. The van der Waals surface area contributed by atoms with Crippen LogP contribution in [0.4, 0.5) is 19.4 Å². The van der Waals surface area contributed by atoms with Gasteiger partial charge < -0.3 is 4.74 Å². The van der Waals surface area contributed by atoms with Gasteiger partial charge in [0.25, 0.3) is 0 Å². The van der Waals surface area contributed by atoms with Crippen LogP contribution in [0, 0.1) is 5.92 Å². The van der Waals surface area contributed by atoms with Gasteiger partial charge in [0.1, 0.15) is 17.3 Å². The first-order valence-electron chi connectivity index (χ1n) is 11.5.